The normalized spacial score (nSPS) is 14.2. The molecule has 0 spiro atoms. The highest BCUT2D eigenvalue weighted by Crippen LogP contribution is 2.25. The van der Waals surface area contributed by atoms with Crippen LogP contribution in [-0.2, 0) is 17.6 Å². The molecule has 1 aromatic rings. The summed E-state index contributed by atoms with van der Waals surface area (Å²) in [5.74, 6) is 0. The maximum absolute atomic E-state index is 11.8. The van der Waals surface area contributed by atoms with Gasteiger partial charge in [0.1, 0.15) is 0 Å². The van der Waals surface area contributed by atoms with Gasteiger partial charge in [0.05, 0.1) is 0 Å². The summed E-state index contributed by atoms with van der Waals surface area (Å²) < 4.78 is 39.5. The van der Waals surface area contributed by atoms with Gasteiger partial charge in [-0.3, -0.25) is 5.32 Å². The van der Waals surface area contributed by atoms with Crippen LogP contribution in [0.5, 0.6) is 0 Å². The molecule has 98 valence electrons. The van der Waals surface area contributed by atoms with E-state index in [0.29, 0.717) is 5.69 Å². The second kappa shape index (κ2) is 4.88. The summed E-state index contributed by atoms with van der Waals surface area (Å²) in [6.45, 7) is -1.58. The number of halogens is 3. The fourth-order valence-electron chi connectivity index (χ4n) is 1.95. The topological polar surface area (TPSA) is 38.3 Å². The van der Waals surface area contributed by atoms with E-state index in [1.807, 2.05) is 6.07 Å². The molecule has 0 heterocycles. The first-order valence-corrected chi connectivity index (χ1v) is 5.56. The van der Waals surface area contributed by atoms with Gasteiger partial charge >= 0.3 is 12.3 Å². The van der Waals surface area contributed by atoms with Gasteiger partial charge in [0.2, 0.25) is 0 Å². The predicted molar refractivity (Wildman–Crippen MR) is 59.5 cm³/mol. The highest BCUT2D eigenvalue weighted by atomic mass is 19.4. The molecule has 0 aromatic heterocycles. The van der Waals surface area contributed by atoms with E-state index in [9.17, 15) is 18.0 Å². The second-order valence-electron chi connectivity index (χ2n) is 4.15. The van der Waals surface area contributed by atoms with Gasteiger partial charge in [-0.2, -0.15) is 13.2 Å². The molecule has 0 fully saturated rings. The van der Waals surface area contributed by atoms with Gasteiger partial charge in [0.25, 0.3) is 0 Å². The van der Waals surface area contributed by atoms with E-state index < -0.39 is 18.9 Å². The van der Waals surface area contributed by atoms with E-state index in [4.69, 9.17) is 0 Å². The molecule has 0 unspecified atom stereocenters. The Kier molecular flexibility index (Phi) is 3.45. The molecule has 3 nitrogen and oxygen atoms in total. The number of benzene rings is 1. The number of aryl methyl sites for hydroxylation is 2. The fraction of sp³-hybridized carbons (Fsp3) is 0.417. The fourth-order valence-corrected chi connectivity index (χ4v) is 1.95. The maximum atomic E-state index is 11.8. The number of hydrogen-bond acceptors (Lipinski definition) is 2. The van der Waals surface area contributed by atoms with Crippen molar-refractivity contribution < 1.29 is 22.7 Å². The second-order valence-corrected chi connectivity index (χ2v) is 4.15. The molecule has 1 aromatic carbocycles. The zero-order chi connectivity index (χ0) is 13.2. The minimum atomic E-state index is -4.50. The molecule has 0 radical (unpaired) electrons. The van der Waals surface area contributed by atoms with Crippen molar-refractivity contribution in [3.05, 3.63) is 29.3 Å². The summed E-state index contributed by atoms with van der Waals surface area (Å²) in [4.78, 5) is 11.1. The van der Waals surface area contributed by atoms with E-state index in [-0.39, 0.29) is 0 Å². The van der Waals surface area contributed by atoms with E-state index in [2.05, 4.69) is 10.1 Å². The lowest BCUT2D eigenvalue weighted by atomic mass is 10.1. The van der Waals surface area contributed by atoms with Crippen LogP contribution in [0, 0.1) is 0 Å². The highest BCUT2D eigenvalue weighted by Gasteiger charge is 2.29. The van der Waals surface area contributed by atoms with E-state index in [1.165, 1.54) is 5.56 Å². The molecule has 2 rings (SSSR count). The number of nitrogens with one attached hydrogen (secondary N) is 1. The van der Waals surface area contributed by atoms with Crippen molar-refractivity contribution in [2.75, 3.05) is 11.9 Å². The van der Waals surface area contributed by atoms with Crippen LogP contribution in [0.15, 0.2) is 18.2 Å². The van der Waals surface area contributed by atoms with Crippen molar-refractivity contribution in [2.24, 2.45) is 0 Å². The maximum Gasteiger partial charge on any atom is 0.422 e. The van der Waals surface area contributed by atoms with Crippen LogP contribution in [0.2, 0.25) is 0 Å². The Balaban J connectivity index is 1.91. The highest BCUT2D eigenvalue weighted by molar-refractivity contribution is 5.84. The van der Waals surface area contributed by atoms with Gasteiger partial charge in [0, 0.05) is 5.69 Å². The lowest BCUT2D eigenvalue weighted by Gasteiger charge is -2.10. The molecule has 1 amide bonds. The van der Waals surface area contributed by atoms with Crippen LogP contribution in [0.25, 0.3) is 0 Å². The molecular formula is C12H12F3NO2. The van der Waals surface area contributed by atoms with E-state index in [0.717, 1.165) is 24.8 Å². The van der Waals surface area contributed by atoms with Gasteiger partial charge in [-0.1, -0.05) is 6.07 Å². The van der Waals surface area contributed by atoms with E-state index in [1.54, 1.807) is 12.1 Å². The molecule has 0 saturated heterocycles. The summed E-state index contributed by atoms with van der Waals surface area (Å²) in [5.41, 5.74) is 2.82. The number of amides is 1. The smallest absolute Gasteiger partial charge is 0.422 e. The summed E-state index contributed by atoms with van der Waals surface area (Å²) >= 11 is 0. The largest absolute Gasteiger partial charge is 0.440 e. The number of fused-ring (bicyclic) bond motifs is 1. The number of ether oxygens (including phenoxy) is 1. The van der Waals surface area contributed by atoms with Crippen LogP contribution in [0.1, 0.15) is 17.5 Å². The van der Waals surface area contributed by atoms with Crippen molar-refractivity contribution in [3.8, 4) is 0 Å². The number of carbonyl (C=O) groups excluding carboxylic acids is 1. The molecule has 6 heteroatoms. The quantitative estimate of drug-likeness (QED) is 0.885. The van der Waals surface area contributed by atoms with Crippen molar-refractivity contribution in [2.45, 2.75) is 25.4 Å². The van der Waals surface area contributed by atoms with Crippen molar-refractivity contribution >= 4 is 11.8 Å². The third kappa shape index (κ3) is 3.38. The number of anilines is 1. The Labute approximate surface area is 102 Å². The number of carbonyl (C=O) groups is 1. The Morgan fingerprint density at radius 3 is 2.72 bits per heavy atom. The molecule has 18 heavy (non-hydrogen) atoms. The van der Waals surface area contributed by atoms with Crippen LogP contribution in [0.4, 0.5) is 23.7 Å². The lowest BCUT2D eigenvalue weighted by Crippen LogP contribution is -2.23. The number of rotatable bonds is 2. The summed E-state index contributed by atoms with van der Waals surface area (Å²) in [6, 6.07) is 5.32. The third-order valence-corrected chi connectivity index (χ3v) is 2.71. The monoisotopic (exact) mass is 259 g/mol. The minimum absolute atomic E-state index is 0.461. The van der Waals surface area contributed by atoms with Crippen LogP contribution < -0.4 is 5.32 Å². The van der Waals surface area contributed by atoms with Crippen LogP contribution in [-0.4, -0.2) is 18.9 Å². The van der Waals surface area contributed by atoms with Crippen LogP contribution in [0.3, 0.4) is 0 Å². The molecule has 0 atom stereocenters. The Bertz CT molecular complexity index is 457. The molecule has 0 saturated carbocycles. The number of hydrogen-bond donors (Lipinski definition) is 1. The molecule has 0 bridgehead atoms. The summed E-state index contributed by atoms with van der Waals surface area (Å²) in [5, 5.41) is 2.28. The SMILES string of the molecule is O=C(Nc1ccc2c(c1)CCC2)OCC(F)(F)F. The predicted octanol–water partition coefficient (Wildman–Crippen LogP) is 3.29. The van der Waals surface area contributed by atoms with E-state index >= 15 is 0 Å². The number of alkyl halides is 3. The molecule has 1 aliphatic rings. The zero-order valence-corrected chi connectivity index (χ0v) is 9.51. The standard InChI is InChI=1S/C12H12F3NO2/c13-12(14,15)7-18-11(17)16-10-5-4-8-2-1-3-9(8)6-10/h4-6H,1-3,7H2,(H,16,17). The Hall–Kier alpha value is -1.72. The van der Waals surface area contributed by atoms with Crippen LogP contribution >= 0.6 is 0 Å². The third-order valence-electron chi connectivity index (χ3n) is 2.71. The minimum Gasteiger partial charge on any atom is -0.440 e. The molecule has 1 aliphatic carbocycles. The van der Waals surface area contributed by atoms with Crippen molar-refractivity contribution in [1.82, 2.24) is 0 Å². The lowest BCUT2D eigenvalue weighted by molar-refractivity contribution is -0.159. The van der Waals surface area contributed by atoms with Crippen molar-refractivity contribution in [3.63, 3.8) is 0 Å². The average molecular weight is 259 g/mol. The van der Waals surface area contributed by atoms with Gasteiger partial charge in [-0.25, -0.2) is 4.79 Å². The first-order valence-electron chi connectivity index (χ1n) is 5.56. The average Bonchev–Trinajstić information content (AvgIpc) is 2.72. The van der Waals surface area contributed by atoms with Gasteiger partial charge in [0.15, 0.2) is 6.61 Å². The van der Waals surface area contributed by atoms with Gasteiger partial charge < -0.3 is 4.74 Å². The first kappa shape index (κ1) is 12.7. The summed E-state index contributed by atoms with van der Waals surface area (Å²) in [6.07, 6.45) is -2.59. The molecular weight excluding hydrogens is 247 g/mol. The van der Waals surface area contributed by atoms with Crippen molar-refractivity contribution in [1.29, 1.82) is 0 Å². The first-order chi connectivity index (χ1) is 8.44. The van der Waals surface area contributed by atoms with Gasteiger partial charge in [-0.05, 0) is 42.5 Å². The molecule has 0 aliphatic heterocycles. The Morgan fingerprint density at radius 1 is 1.28 bits per heavy atom. The Morgan fingerprint density at radius 2 is 2.00 bits per heavy atom. The van der Waals surface area contributed by atoms with Gasteiger partial charge in [-0.15, -0.1) is 0 Å². The molecule has 1 N–H and O–H groups in total. The summed E-state index contributed by atoms with van der Waals surface area (Å²) in [7, 11) is 0. The zero-order valence-electron chi connectivity index (χ0n) is 9.51.